The summed E-state index contributed by atoms with van der Waals surface area (Å²) in [5, 5.41) is 9.32. The Morgan fingerprint density at radius 2 is 1.91 bits per heavy atom. The van der Waals surface area contributed by atoms with E-state index in [-0.39, 0.29) is 17.4 Å². The number of nitrogens with zero attached hydrogens (tertiary/aromatic N) is 4. The molecular weight excluding hydrogens is 308 g/mol. The van der Waals surface area contributed by atoms with Crippen LogP contribution >= 0.6 is 11.3 Å². The SMILES string of the molecule is CC(C)[C@@H](C#N)N1CCN(C(=O)c2scnc2C(C)(C)C)CC1. The molecular formula is C17H26N4OS. The average molecular weight is 334 g/mol. The molecule has 1 saturated heterocycles. The van der Waals surface area contributed by atoms with Crippen LogP contribution in [0.5, 0.6) is 0 Å². The minimum absolute atomic E-state index is 0.0687. The van der Waals surface area contributed by atoms with Crippen molar-refractivity contribution in [3.63, 3.8) is 0 Å². The second-order valence-electron chi connectivity index (χ2n) is 7.43. The predicted octanol–water partition coefficient (Wildman–Crippen LogP) is 2.75. The second kappa shape index (κ2) is 6.98. The molecule has 1 aromatic heterocycles. The van der Waals surface area contributed by atoms with Crippen LogP contribution in [0, 0.1) is 17.2 Å². The summed E-state index contributed by atoms with van der Waals surface area (Å²) in [6.45, 7) is 13.2. The fourth-order valence-corrected chi connectivity index (χ4v) is 3.90. The Morgan fingerprint density at radius 1 is 1.30 bits per heavy atom. The standard InChI is InChI=1S/C17H26N4OS/c1-12(2)13(10-18)20-6-8-21(9-7-20)16(22)14-15(17(3,4)5)19-11-23-14/h11-13H,6-9H2,1-5H3/t13-/m1/s1. The van der Waals surface area contributed by atoms with Crippen molar-refractivity contribution in [1.82, 2.24) is 14.8 Å². The van der Waals surface area contributed by atoms with E-state index in [1.54, 1.807) is 5.51 Å². The molecule has 1 aliphatic rings. The highest BCUT2D eigenvalue weighted by molar-refractivity contribution is 7.11. The fraction of sp³-hybridized carbons (Fsp3) is 0.706. The Labute approximate surface area is 142 Å². The van der Waals surface area contributed by atoms with Gasteiger partial charge in [-0.3, -0.25) is 9.69 Å². The van der Waals surface area contributed by atoms with Gasteiger partial charge in [-0.1, -0.05) is 34.6 Å². The van der Waals surface area contributed by atoms with Crippen LogP contribution in [0.2, 0.25) is 0 Å². The summed E-state index contributed by atoms with van der Waals surface area (Å²) in [7, 11) is 0. The number of hydrogen-bond acceptors (Lipinski definition) is 5. The summed E-state index contributed by atoms with van der Waals surface area (Å²) in [4.78, 5) is 22.1. The van der Waals surface area contributed by atoms with Gasteiger partial charge in [0.05, 0.1) is 17.3 Å². The topological polar surface area (TPSA) is 60.2 Å². The number of piperazine rings is 1. The van der Waals surface area contributed by atoms with E-state index >= 15 is 0 Å². The fourth-order valence-electron chi connectivity index (χ4n) is 2.93. The van der Waals surface area contributed by atoms with Crippen LogP contribution in [0.15, 0.2) is 5.51 Å². The Kier molecular flexibility index (Phi) is 5.43. The maximum absolute atomic E-state index is 12.8. The summed E-state index contributed by atoms with van der Waals surface area (Å²) in [6.07, 6.45) is 0. The van der Waals surface area contributed by atoms with Crippen LogP contribution in [0.25, 0.3) is 0 Å². The summed E-state index contributed by atoms with van der Waals surface area (Å²) in [5.74, 6) is 0.381. The Balaban J connectivity index is 2.05. The normalized spacial score (nSPS) is 18.0. The molecule has 0 saturated carbocycles. The molecule has 1 aliphatic heterocycles. The molecule has 2 heterocycles. The van der Waals surface area contributed by atoms with Crippen molar-refractivity contribution in [2.75, 3.05) is 26.2 Å². The molecule has 2 rings (SSSR count). The first-order chi connectivity index (χ1) is 10.8. The third kappa shape index (κ3) is 3.91. The molecule has 0 unspecified atom stereocenters. The summed E-state index contributed by atoms with van der Waals surface area (Å²) < 4.78 is 0. The minimum Gasteiger partial charge on any atom is -0.335 e. The van der Waals surface area contributed by atoms with Gasteiger partial charge >= 0.3 is 0 Å². The number of amides is 1. The first-order valence-electron chi connectivity index (χ1n) is 8.12. The highest BCUT2D eigenvalue weighted by Gasteiger charge is 2.31. The molecule has 0 N–H and O–H groups in total. The molecule has 23 heavy (non-hydrogen) atoms. The lowest BCUT2D eigenvalue weighted by Crippen LogP contribution is -2.52. The van der Waals surface area contributed by atoms with E-state index in [4.69, 9.17) is 0 Å². The van der Waals surface area contributed by atoms with Gasteiger partial charge in [-0.05, 0) is 5.92 Å². The van der Waals surface area contributed by atoms with Crippen LogP contribution in [-0.2, 0) is 5.41 Å². The third-order valence-corrected chi connectivity index (χ3v) is 5.05. The molecule has 5 nitrogen and oxygen atoms in total. The second-order valence-corrected chi connectivity index (χ2v) is 8.28. The molecule has 126 valence electrons. The molecule has 1 amide bonds. The lowest BCUT2D eigenvalue weighted by Gasteiger charge is -2.38. The Morgan fingerprint density at radius 3 is 2.39 bits per heavy atom. The van der Waals surface area contributed by atoms with E-state index in [1.807, 2.05) is 4.90 Å². The van der Waals surface area contributed by atoms with Gasteiger partial charge in [0.15, 0.2) is 0 Å². The quantitative estimate of drug-likeness (QED) is 0.853. The zero-order chi connectivity index (χ0) is 17.2. The highest BCUT2D eigenvalue weighted by atomic mass is 32.1. The van der Waals surface area contributed by atoms with Crippen molar-refractivity contribution in [3.8, 4) is 6.07 Å². The van der Waals surface area contributed by atoms with E-state index in [0.717, 1.165) is 23.7 Å². The number of aromatic nitrogens is 1. The van der Waals surface area contributed by atoms with E-state index in [0.29, 0.717) is 19.0 Å². The summed E-state index contributed by atoms with van der Waals surface area (Å²) in [6, 6.07) is 2.32. The van der Waals surface area contributed by atoms with Crippen molar-refractivity contribution in [3.05, 3.63) is 16.1 Å². The Bertz CT molecular complexity index is 588. The van der Waals surface area contributed by atoms with E-state index in [2.05, 4.69) is 50.6 Å². The summed E-state index contributed by atoms with van der Waals surface area (Å²) in [5.41, 5.74) is 2.51. The first-order valence-corrected chi connectivity index (χ1v) is 9.00. The van der Waals surface area contributed by atoms with Gasteiger partial charge in [0.2, 0.25) is 0 Å². The molecule has 0 radical (unpaired) electrons. The molecule has 0 aromatic carbocycles. The number of nitriles is 1. The van der Waals surface area contributed by atoms with E-state index in [1.165, 1.54) is 11.3 Å². The van der Waals surface area contributed by atoms with E-state index in [9.17, 15) is 10.1 Å². The lowest BCUT2D eigenvalue weighted by atomic mass is 9.91. The number of rotatable bonds is 3. The highest BCUT2D eigenvalue weighted by Crippen LogP contribution is 2.28. The van der Waals surface area contributed by atoms with Crippen molar-refractivity contribution < 1.29 is 4.79 Å². The van der Waals surface area contributed by atoms with Crippen molar-refractivity contribution >= 4 is 17.2 Å². The molecule has 0 bridgehead atoms. The molecule has 1 aromatic rings. The molecule has 1 fully saturated rings. The number of hydrogen-bond donors (Lipinski definition) is 0. The van der Waals surface area contributed by atoms with Gasteiger partial charge < -0.3 is 4.90 Å². The number of carbonyl (C=O) groups excluding carboxylic acids is 1. The molecule has 0 aliphatic carbocycles. The predicted molar refractivity (Wildman–Crippen MR) is 92.5 cm³/mol. The average Bonchev–Trinajstić information content (AvgIpc) is 2.97. The van der Waals surface area contributed by atoms with Crippen molar-refractivity contribution in [1.29, 1.82) is 5.26 Å². The van der Waals surface area contributed by atoms with Gasteiger partial charge in [-0.25, -0.2) is 4.98 Å². The zero-order valence-electron chi connectivity index (χ0n) is 14.7. The summed E-state index contributed by atoms with van der Waals surface area (Å²) >= 11 is 1.43. The van der Waals surface area contributed by atoms with Crippen LogP contribution in [-0.4, -0.2) is 52.9 Å². The van der Waals surface area contributed by atoms with Crippen LogP contribution in [0.3, 0.4) is 0 Å². The maximum atomic E-state index is 12.8. The van der Waals surface area contributed by atoms with Gasteiger partial charge in [-0.2, -0.15) is 5.26 Å². The smallest absolute Gasteiger partial charge is 0.265 e. The Hall–Kier alpha value is -1.45. The largest absolute Gasteiger partial charge is 0.335 e. The first kappa shape index (κ1) is 17.9. The van der Waals surface area contributed by atoms with E-state index < -0.39 is 0 Å². The maximum Gasteiger partial charge on any atom is 0.265 e. The van der Waals surface area contributed by atoms with Gasteiger partial charge in [0, 0.05) is 31.6 Å². The molecule has 0 spiro atoms. The van der Waals surface area contributed by atoms with Gasteiger partial charge in [0.25, 0.3) is 5.91 Å². The lowest BCUT2D eigenvalue weighted by molar-refractivity contribution is 0.0579. The van der Waals surface area contributed by atoms with Crippen LogP contribution < -0.4 is 0 Å². The van der Waals surface area contributed by atoms with Crippen molar-refractivity contribution in [2.45, 2.75) is 46.1 Å². The van der Waals surface area contributed by atoms with Crippen LogP contribution in [0.4, 0.5) is 0 Å². The molecule has 6 heteroatoms. The monoisotopic (exact) mass is 334 g/mol. The molecule has 1 atom stereocenters. The van der Waals surface area contributed by atoms with Gasteiger partial charge in [-0.15, -0.1) is 11.3 Å². The minimum atomic E-state index is -0.129. The number of carbonyl (C=O) groups is 1. The zero-order valence-corrected chi connectivity index (χ0v) is 15.5. The number of thiazole rings is 1. The van der Waals surface area contributed by atoms with Crippen LogP contribution in [0.1, 0.15) is 50.0 Å². The van der Waals surface area contributed by atoms with Crippen molar-refractivity contribution in [2.24, 2.45) is 5.92 Å². The third-order valence-electron chi connectivity index (χ3n) is 4.23. The van der Waals surface area contributed by atoms with Gasteiger partial charge in [0.1, 0.15) is 10.9 Å².